The highest BCUT2D eigenvalue weighted by Crippen LogP contribution is 2.26. The van der Waals surface area contributed by atoms with Crippen LogP contribution in [0.15, 0.2) is 24.7 Å². The molecule has 2 rings (SSSR count). The van der Waals surface area contributed by atoms with Gasteiger partial charge in [0.2, 0.25) is 0 Å². The van der Waals surface area contributed by atoms with Crippen LogP contribution in [-0.4, -0.2) is 21.9 Å². The Morgan fingerprint density at radius 2 is 2.13 bits per heavy atom. The van der Waals surface area contributed by atoms with E-state index < -0.39 is 0 Å². The summed E-state index contributed by atoms with van der Waals surface area (Å²) in [7, 11) is 3.44. The number of rotatable bonds is 2. The molecule has 0 aromatic carbocycles. The topological polar surface area (TPSA) is 66.0 Å². The first kappa shape index (κ1) is 9.51. The lowest BCUT2D eigenvalue weighted by atomic mass is 10.2. The van der Waals surface area contributed by atoms with Crippen molar-refractivity contribution in [2.75, 3.05) is 12.8 Å². The van der Waals surface area contributed by atoms with Crippen molar-refractivity contribution in [3.05, 3.63) is 24.7 Å². The molecule has 0 fully saturated rings. The minimum absolute atomic E-state index is 0.632. The Balaban J connectivity index is 2.53. The van der Waals surface area contributed by atoms with Gasteiger partial charge in [-0.2, -0.15) is 5.10 Å². The lowest BCUT2D eigenvalue weighted by Gasteiger charge is -2.05. The van der Waals surface area contributed by atoms with Crippen LogP contribution in [0.25, 0.3) is 11.3 Å². The van der Waals surface area contributed by atoms with Gasteiger partial charge in [0.05, 0.1) is 30.9 Å². The monoisotopic (exact) mass is 204 g/mol. The first-order chi connectivity index (χ1) is 7.22. The van der Waals surface area contributed by atoms with Crippen molar-refractivity contribution in [2.24, 2.45) is 7.05 Å². The van der Waals surface area contributed by atoms with E-state index >= 15 is 0 Å². The van der Waals surface area contributed by atoms with Gasteiger partial charge in [-0.05, 0) is 6.07 Å². The van der Waals surface area contributed by atoms with Crippen molar-refractivity contribution in [1.29, 1.82) is 0 Å². The zero-order valence-electron chi connectivity index (χ0n) is 8.64. The average molecular weight is 204 g/mol. The summed E-state index contributed by atoms with van der Waals surface area (Å²) in [6, 6.07) is 1.88. The third-order valence-electron chi connectivity index (χ3n) is 2.19. The van der Waals surface area contributed by atoms with Crippen molar-refractivity contribution in [2.45, 2.75) is 0 Å². The second-order valence-corrected chi connectivity index (χ2v) is 3.19. The van der Waals surface area contributed by atoms with Gasteiger partial charge in [0.15, 0.2) is 0 Å². The van der Waals surface area contributed by atoms with Crippen LogP contribution in [0.3, 0.4) is 0 Å². The number of nitrogens with zero attached hydrogens (tertiary/aromatic N) is 3. The Morgan fingerprint density at radius 1 is 1.33 bits per heavy atom. The number of anilines is 1. The Hall–Kier alpha value is -2.04. The van der Waals surface area contributed by atoms with E-state index in [4.69, 9.17) is 10.5 Å². The number of hydrogen-bond acceptors (Lipinski definition) is 4. The van der Waals surface area contributed by atoms with Crippen LogP contribution in [0.5, 0.6) is 5.75 Å². The predicted molar refractivity (Wildman–Crippen MR) is 57.4 cm³/mol. The van der Waals surface area contributed by atoms with Crippen LogP contribution in [0.4, 0.5) is 5.69 Å². The third-order valence-corrected chi connectivity index (χ3v) is 2.19. The van der Waals surface area contributed by atoms with Crippen molar-refractivity contribution in [3.8, 4) is 17.0 Å². The standard InChI is InChI=1S/C10H12N4O/c1-14-10(9(11)6-13-14)7-3-8(15-2)5-12-4-7/h3-6H,11H2,1-2H3. The van der Waals surface area contributed by atoms with Gasteiger partial charge >= 0.3 is 0 Å². The molecule has 15 heavy (non-hydrogen) atoms. The Bertz CT molecular complexity index is 459. The summed E-state index contributed by atoms with van der Waals surface area (Å²) in [6.45, 7) is 0. The second-order valence-electron chi connectivity index (χ2n) is 3.19. The maximum absolute atomic E-state index is 5.81. The molecule has 78 valence electrons. The van der Waals surface area contributed by atoms with Gasteiger partial charge in [-0.15, -0.1) is 0 Å². The molecule has 2 heterocycles. The molecule has 0 saturated heterocycles. The smallest absolute Gasteiger partial charge is 0.137 e. The fourth-order valence-corrected chi connectivity index (χ4v) is 1.47. The molecule has 0 radical (unpaired) electrons. The van der Waals surface area contributed by atoms with E-state index in [0.29, 0.717) is 11.4 Å². The molecule has 0 atom stereocenters. The van der Waals surface area contributed by atoms with Gasteiger partial charge < -0.3 is 10.5 Å². The molecule has 2 N–H and O–H groups in total. The summed E-state index contributed by atoms with van der Waals surface area (Å²) in [5.74, 6) is 0.702. The van der Waals surface area contributed by atoms with Crippen LogP contribution in [-0.2, 0) is 7.05 Å². The number of hydrogen-bond donors (Lipinski definition) is 1. The van der Waals surface area contributed by atoms with E-state index in [9.17, 15) is 0 Å². The maximum Gasteiger partial charge on any atom is 0.137 e. The molecule has 5 heteroatoms. The maximum atomic E-state index is 5.81. The Morgan fingerprint density at radius 3 is 2.73 bits per heavy atom. The lowest BCUT2D eigenvalue weighted by molar-refractivity contribution is 0.413. The molecule has 0 saturated carbocycles. The zero-order chi connectivity index (χ0) is 10.8. The highest BCUT2D eigenvalue weighted by Gasteiger charge is 2.09. The number of nitrogens with two attached hydrogens (primary N) is 1. The Labute approximate surface area is 87.5 Å². The molecule has 2 aromatic rings. The summed E-state index contributed by atoms with van der Waals surface area (Å²) < 4.78 is 6.81. The van der Waals surface area contributed by atoms with Crippen LogP contribution in [0.2, 0.25) is 0 Å². The molecule has 0 spiro atoms. The quantitative estimate of drug-likeness (QED) is 0.794. The molecular weight excluding hydrogens is 192 g/mol. The Kier molecular flexibility index (Phi) is 2.29. The molecule has 0 amide bonds. The van der Waals surface area contributed by atoms with E-state index in [-0.39, 0.29) is 0 Å². The number of aromatic nitrogens is 3. The molecule has 0 aliphatic carbocycles. The van der Waals surface area contributed by atoms with E-state index in [1.807, 2.05) is 13.1 Å². The normalized spacial score (nSPS) is 10.3. The predicted octanol–water partition coefficient (Wildman–Crippen LogP) is 1.07. The highest BCUT2D eigenvalue weighted by molar-refractivity contribution is 5.72. The lowest BCUT2D eigenvalue weighted by Crippen LogP contribution is -1.96. The van der Waals surface area contributed by atoms with E-state index in [0.717, 1.165) is 11.3 Å². The summed E-state index contributed by atoms with van der Waals surface area (Å²) in [5.41, 5.74) is 8.19. The zero-order valence-corrected chi connectivity index (χ0v) is 8.64. The van der Waals surface area contributed by atoms with Gasteiger partial charge in [0, 0.05) is 18.8 Å². The molecule has 0 aliphatic heterocycles. The summed E-state index contributed by atoms with van der Waals surface area (Å²) >= 11 is 0. The van der Waals surface area contributed by atoms with Crippen LogP contribution >= 0.6 is 0 Å². The molecule has 5 nitrogen and oxygen atoms in total. The number of methoxy groups -OCH3 is 1. The first-order valence-corrected chi connectivity index (χ1v) is 4.49. The van der Waals surface area contributed by atoms with E-state index in [2.05, 4.69) is 10.1 Å². The first-order valence-electron chi connectivity index (χ1n) is 4.49. The van der Waals surface area contributed by atoms with Gasteiger partial charge in [0.1, 0.15) is 5.75 Å². The van der Waals surface area contributed by atoms with Crippen LogP contribution in [0.1, 0.15) is 0 Å². The van der Waals surface area contributed by atoms with E-state index in [1.54, 1.807) is 30.4 Å². The van der Waals surface area contributed by atoms with E-state index in [1.165, 1.54) is 0 Å². The van der Waals surface area contributed by atoms with Crippen molar-refractivity contribution >= 4 is 5.69 Å². The number of nitrogen functional groups attached to an aromatic ring is 1. The third kappa shape index (κ3) is 1.63. The minimum atomic E-state index is 0.632. The van der Waals surface area contributed by atoms with Crippen molar-refractivity contribution in [1.82, 2.24) is 14.8 Å². The summed E-state index contributed by atoms with van der Waals surface area (Å²) in [5, 5.41) is 4.07. The van der Waals surface area contributed by atoms with Crippen molar-refractivity contribution in [3.63, 3.8) is 0 Å². The molecule has 0 aliphatic rings. The van der Waals surface area contributed by atoms with Crippen LogP contribution < -0.4 is 10.5 Å². The van der Waals surface area contributed by atoms with Gasteiger partial charge in [-0.3, -0.25) is 9.67 Å². The van der Waals surface area contributed by atoms with Crippen molar-refractivity contribution < 1.29 is 4.74 Å². The SMILES string of the molecule is COc1cncc(-c2c(N)cnn2C)c1. The fourth-order valence-electron chi connectivity index (χ4n) is 1.47. The van der Waals surface area contributed by atoms with Crippen LogP contribution in [0, 0.1) is 0 Å². The molecule has 0 bridgehead atoms. The number of aryl methyl sites for hydroxylation is 1. The number of ether oxygens (including phenoxy) is 1. The minimum Gasteiger partial charge on any atom is -0.495 e. The van der Waals surface area contributed by atoms with Gasteiger partial charge in [0.25, 0.3) is 0 Å². The van der Waals surface area contributed by atoms with Gasteiger partial charge in [-0.1, -0.05) is 0 Å². The summed E-state index contributed by atoms with van der Waals surface area (Å²) in [4.78, 5) is 4.07. The average Bonchev–Trinajstić information content (AvgIpc) is 2.59. The highest BCUT2D eigenvalue weighted by atomic mass is 16.5. The molecule has 2 aromatic heterocycles. The summed E-state index contributed by atoms with van der Waals surface area (Å²) in [6.07, 6.45) is 5.00. The largest absolute Gasteiger partial charge is 0.495 e. The second kappa shape index (κ2) is 3.61. The number of pyridine rings is 1. The van der Waals surface area contributed by atoms with Gasteiger partial charge in [-0.25, -0.2) is 0 Å². The molecule has 0 unspecified atom stereocenters. The molecular formula is C10H12N4O. The fraction of sp³-hybridized carbons (Fsp3) is 0.200.